The fourth-order valence-corrected chi connectivity index (χ4v) is 1.89. The fraction of sp³-hybridized carbons (Fsp3) is 0.133. The summed E-state index contributed by atoms with van der Waals surface area (Å²) in [6, 6.07) is 8.46. The minimum atomic E-state index is -4.56. The Kier molecular flexibility index (Phi) is 5.26. The lowest BCUT2D eigenvalue weighted by Gasteiger charge is -2.11. The summed E-state index contributed by atoms with van der Waals surface area (Å²) in [6.45, 7) is 0. The Morgan fingerprint density at radius 3 is 2.75 bits per heavy atom. The second-order valence-corrected chi connectivity index (χ2v) is 4.93. The third-order valence-electron chi connectivity index (χ3n) is 2.71. The molecule has 124 valence electrons. The van der Waals surface area contributed by atoms with E-state index in [1.54, 1.807) is 18.2 Å². The molecule has 5 nitrogen and oxygen atoms in total. The lowest BCUT2D eigenvalue weighted by molar-refractivity contribution is -0.137. The molecule has 1 aromatic heterocycles. The number of nitriles is 1. The van der Waals surface area contributed by atoms with Gasteiger partial charge in [0.05, 0.1) is 11.6 Å². The first-order chi connectivity index (χ1) is 11.3. The zero-order valence-corrected chi connectivity index (χ0v) is 12.6. The highest BCUT2D eigenvalue weighted by Gasteiger charge is 2.31. The summed E-state index contributed by atoms with van der Waals surface area (Å²) in [5.74, 6) is -0.496. The molecule has 0 spiro atoms. The predicted molar refractivity (Wildman–Crippen MR) is 79.6 cm³/mol. The van der Waals surface area contributed by atoms with Crippen molar-refractivity contribution in [2.75, 3.05) is 5.32 Å². The molecule has 0 saturated heterocycles. The van der Waals surface area contributed by atoms with Gasteiger partial charge in [0.1, 0.15) is 17.2 Å². The molecule has 1 amide bonds. The first kappa shape index (κ1) is 17.6. The molecule has 0 saturated carbocycles. The topological polar surface area (TPSA) is 75.0 Å². The number of aromatic nitrogens is 1. The molecule has 2 aromatic rings. The molecule has 0 aliphatic carbocycles. The molecule has 0 radical (unpaired) electrons. The summed E-state index contributed by atoms with van der Waals surface area (Å²) < 4.78 is 43.0. The SMILES string of the molecule is N#CCC(=O)Nc1cccc(Oc2ncc(C(F)(F)F)cc2Cl)c1. The van der Waals surface area contributed by atoms with Crippen molar-refractivity contribution in [1.82, 2.24) is 4.98 Å². The van der Waals surface area contributed by atoms with Crippen molar-refractivity contribution in [2.24, 2.45) is 0 Å². The number of amides is 1. The maximum absolute atomic E-state index is 12.6. The van der Waals surface area contributed by atoms with Crippen molar-refractivity contribution in [3.05, 3.63) is 47.1 Å². The van der Waals surface area contributed by atoms with Crippen LogP contribution in [0.5, 0.6) is 11.6 Å². The van der Waals surface area contributed by atoms with Gasteiger partial charge in [0.2, 0.25) is 11.8 Å². The molecule has 0 aliphatic rings. The van der Waals surface area contributed by atoms with Gasteiger partial charge in [0, 0.05) is 18.0 Å². The minimum Gasteiger partial charge on any atom is -0.437 e. The van der Waals surface area contributed by atoms with E-state index in [4.69, 9.17) is 21.6 Å². The largest absolute Gasteiger partial charge is 0.437 e. The van der Waals surface area contributed by atoms with Crippen LogP contribution in [0.2, 0.25) is 5.02 Å². The van der Waals surface area contributed by atoms with Gasteiger partial charge in [-0.3, -0.25) is 4.79 Å². The number of carbonyl (C=O) groups excluding carboxylic acids is 1. The molecule has 2 rings (SSSR count). The Balaban J connectivity index is 2.17. The number of hydrogen-bond acceptors (Lipinski definition) is 4. The van der Waals surface area contributed by atoms with Gasteiger partial charge in [-0.1, -0.05) is 17.7 Å². The number of alkyl halides is 3. The molecule has 0 unspecified atom stereocenters. The monoisotopic (exact) mass is 355 g/mol. The van der Waals surface area contributed by atoms with Crippen LogP contribution in [-0.4, -0.2) is 10.9 Å². The summed E-state index contributed by atoms with van der Waals surface area (Å²) in [5, 5.41) is 10.6. The molecule has 0 fully saturated rings. The van der Waals surface area contributed by atoms with E-state index in [0.29, 0.717) is 18.0 Å². The van der Waals surface area contributed by atoms with E-state index in [0.717, 1.165) is 0 Å². The van der Waals surface area contributed by atoms with Crippen molar-refractivity contribution >= 4 is 23.2 Å². The number of ether oxygens (including phenoxy) is 1. The Bertz CT molecular complexity index is 803. The molecule has 1 N–H and O–H groups in total. The molecule has 1 heterocycles. The van der Waals surface area contributed by atoms with Crippen molar-refractivity contribution < 1.29 is 22.7 Å². The quantitative estimate of drug-likeness (QED) is 0.882. The number of rotatable bonds is 4. The highest BCUT2D eigenvalue weighted by molar-refractivity contribution is 6.31. The van der Waals surface area contributed by atoms with Crippen LogP contribution in [0.4, 0.5) is 18.9 Å². The maximum Gasteiger partial charge on any atom is 0.417 e. The summed E-state index contributed by atoms with van der Waals surface area (Å²) in [5.41, 5.74) is -0.631. The first-order valence-electron chi connectivity index (χ1n) is 6.47. The zero-order valence-electron chi connectivity index (χ0n) is 11.9. The molecule has 0 bridgehead atoms. The van der Waals surface area contributed by atoms with Gasteiger partial charge < -0.3 is 10.1 Å². The van der Waals surface area contributed by atoms with E-state index in [1.807, 2.05) is 0 Å². The Hall–Kier alpha value is -2.79. The highest BCUT2D eigenvalue weighted by atomic mass is 35.5. The number of benzene rings is 1. The fourth-order valence-electron chi connectivity index (χ4n) is 1.68. The van der Waals surface area contributed by atoms with E-state index in [-0.39, 0.29) is 23.1 Å². The summed E-state index contributed by atoms with van der Waals surface area (Å²) in [4.78, 5) is 14.9. The molecule has 24 heavy (non-hydrogen) atoms. The van der Waals surface area contributed by atoms with Gasteiger partial charge in [-0.15, -0.1) is 0 Å². The summed E-state index contributed by atoms with van der Waals surface area (Å²) in [6.07, 6.45) is -4.25. The normalized spacial score (nSPS) is 10.8. The molecule has 0 atom stereocenters. The van der Waals surface area contributed by atoms with Gasteiger partial charge in [-0.2, -0.15) is 18.4 Å². The van der Waals surface area contributed by atoms with Crippen LogP contribution in [0.15, 0.2) is 36.5 Å². The van der Waals surface area contributed by atoms with Crippen LogP contribution in [0.25, 0.3) is 0 Å². The van der Waals surface area contributed by atoms with Crippen LogP contribution in [0.3, 0.4) is 0 Å². The van der Waals surface area contributed by atoms with Crippen molar-refractivity contribution in [2.45, 2.75) is 12.6 Å². The number of hydrogen-bond donors (Lipinski definition) is 1. The second kappa shape index (κ2) is 7.19. The number of anilines is 1. The summed E-state index contributed by atoms with van der Waals surface area (Å²) in [7, 11) is 0. The Morgan fingerprint density at radius 1 is 1.38 bits per heavy atom. The number of nitrogens with one attached hydrogen (secondary N) is 1. The molecule has 0 aliphatic heterocycles. The van der Waals surface area contributed by atoms with Crippen molar-refractivity contribution in [1.29, 1.82) is 5.26 Å². The maximum atomic E-state index is 12.6. The Labute approximate surface area is 139 Å². The third-order valence-corrected chi connectivity index (χ3v) is 2.98. The molecule has 1 aromatic carbocycles. The number of pyridine rings is 1. The summed E-state index contributed by atoms with van der Waals surface area (Å²) >= 11 is 5.76. The average Bonchev–Trinajstić information content (AvgIpc) is 2.49. The lowest BCUT2D eigenvalue weighted by atomic mass is 10.2. The number of carbonyl (C=O) groups is 1. The van der Waals surface area contributed by atoms with E-state index < -0.39 is 17.6 Å². The zero-order chi connectivity index (χ0) is 17.7. The van der Waals surface area contributed by atoms with Crippen LogP contribution >= 0.6 is 11.6 Å². The minimum absolute atomic E-state index is 0.204. The van der Waals surface area contributed by atoms with Crippen LogP contribution in [0.1, 0.15) is 12.0 Å². The van der Waals surface area contributed by atoms with Gasteiger partial charge in [-0.25, -0.2) is 4.98 Å². The van der Waals surface area contributed by atoms with Crippen LogP contribution < -0.4 is 10.1 Å². The predicted octanol–water partition coefficient (Wildman–Crippen LogP) is 4.40. The lowest BCUT2D eigenvalue weighted by Crippen LogP contribution is -2.10. The number of halogens is 4. The Morgan fingerprint density at radius 2 is 2.12 bits per heavy atom. The molecular weight excluding hydrogens is 347 g/mol. The second-order valence-electron chi connectivity index (χ2n) is 4.52. The van der Waals surface area contributed by atoms with Gasteiger partial charge >= 0.3 is 6.18 Å². The first-order valence-corrected chi connectivity index (χ1v) is 6.85. The van der Waals surface area contributed by atoms with E-state index >= 15 is 0 Å². The van der Waals surface area contributed by atoms with E-state index in [1.165, 1.54) is 12.1 Å². The average molecular weight is 356 g/mol. The van der Waals surface area contributed by atoms with Crippen molar-refractivity contribution in [3.63, 3.8) is 0 Å². The molecule has 9 heteroatoms. The molecular formula is C15H9ClF3N3O2. The van der Waals surface area contributed by atoms with Gasteiger partial charge in [0.15, 0.2) is 0 Å². The third kappa shape index (κ3) is 4.60. The van der Waals surface area contributed by atoms with E-state index in [9.17, 15) is 18.0 Å². The standard InChI is InChI=1S/C15H9ClF3N3O2/c16-12-6-9(15(17,18)19)8-21-14(12)24-11-3-1-2-10(7-11)22-13(23)4-5-20/h1-3,6-8H,4H2,(H,22,23). The van der Waals surface area contributed by atoms with Crippen LogP contribution in [0, 0.1) is 11.3 Å². The van der Waals surface area contributed by atoms with Crippen molar-refractivity contribution in [3.8, 4) is 17.7 Å². The van der Waals surface area contributed by atoms with Crippen LogP contribution in [-0.2, 0) is 11.0 Å². The van der Waals surface area contributed by atoms with E-state index in [2.05, 4.69) is 10.3 Å². The van der Waals surface area contributed by atoms with Gasteiger partial charge in [0.25, 0.3) is 0 Å². The highest BCUT2D eigenvalue weighted by Crippen LogP contribution is 2.34. The smallest absolute Gasteiger partial charge is 0.417 e. The van der Waals surface area contributed by atoms with Gasteiger partial charge in [-0.05, 0) is 18.2 Å². The number of nitrogens with zero attached hydrogens (tertiary/aromatic N) is 2.